The van der Waals surface area contributed by atoms with Crippen molar-refractivity contribution in [3.63, 3.8) is 0 Å². The lowest BCUT2D eigenvalue weighted by Gasteiger charge is -2.07. The van der Waals surface area contributed by atoms with Crippen molar-refractivity contribution < 1.29 is 18.0 Å². The Morgan fingerprint density at radius 2 is 1.45 bits per heavy atom. The predicted octanol–water partition coefficient (Wildman–Crippen LogP) is 3.80. The lowest BCUT2D eigenvalue weighted by Crippen LogP contribution is -2.16. The summed E-state index contributed by atoms with van der Waals surface area (Å²) in [4.78, 5) is 24.6. The van der Waals surface area contributed by atoms with E-state index in [1.165, 1.54) is 17.6 Å². The molecule has 0 saturated carbocycles. The average molecular weight is 579 g/mol. The van der Waals surface area contributed by atoms with Gasteiger partial charge in [-0.15, -0.1) is 15.3 Å². The van der Waals surface area contributed by atoms with Crippen molar-refractivity contribution in [2.45, 2.75) is 44.3 Å². The van der Waals surface area contributed by atoms with Crippen LogP contribution in [0.3, 0.4) is 0 Å². The molecule has 10 nitrogen and oxygen atoms in total. The molecule has 2 amide bonds. The van der Waals surface area contributed by atoms with Crippen LogP contribution in [0.2, 0.25) is 0 Å². The zero-order valence-corrected chi connectivity index (χ0v) is 23.7. The van der Waals surface area contributed by atoms with E-state index in [0.29, 0.717) is 22.9 Å². The lowest BCUT2D eigenvalue weighted by atomic mass is 10.1. The molecule has 4 rings (SSSR count). The van der Waals surface area contributed by atoms with Crippen molar-refractivity contribution in [1.82, 2.24) is 20.4 Å². The fourth-order valence-corrected chi connectivity index (χ4v) is 5.58. The highest BCUT2D eigenvalue weighted by molar-refractivity contribution is 7.89. The third-order valence-electron chi connectivity index (χ3n) is 5.77. The first-order chi connectivity index (χ1) is 19.2. The molecule has 0 fully saturated rings. The second kappa shape index (κ2) is 13.9. The van der Waals surface area contributed by atoms with Gasteiger partial charge in [0.1, 0.15) is 5.01 Å². The SMILES string of the molecule is CS(=O)(=O)Cc1cccc(CC(=O)Nc2ccc(CCCCc3nnc(NC(=O)Cc4ccccc4)s3)nn2)c1. The number of aromatic nitrogens is 4. The van der Waals surface area contributed by atoms with E-state index in [1.54, 1.807) is 30.3 Å². The van der Waals surface area contributed by atoms with E-state index < -0.39 is 9.84 Å². The van der Waals surface area contributed by atoms with E-state index in [1.807, 2.05) is 36.4 Å². The number of amides is 2. The topological polar surface area (TPSA) is 144 Å². The highest BCUT2D eigenvalue weighted by atomic mass is 32.2. The van der Waals surface area contributed by atoms with Gasteiger partial charge in [0.25, 0.3) is 0 Å². The highest BCUT2D eigenvalue weighted by Crippen LogP contribution is 2.18. The van der Waals surface area contributed by atoms with Crippen LogP contribution >= 0.6 is 11.3 Å². The fourth-order valence-electron chi connectivity index (χ4n) is 4.00. The molecular formula is C28H30N6O4S2. The van der Waals surface area contributed by atoms with Gasteiger partial charge in [-0.3, -0.25) is 9.59 Å². The maximum absolute atomic E-state index is 12.4. The van der Waals surface area contributed by atoms with Crippen LogP contribution in [0.1, 0.15) is 40.2 Å². The molecule has 0 aliphatic carbocycles. The smallest absolute Gasteiger partial charge is 0.230 e. The molecule has 208 valence electrons. The van der Waals surface area contributed by atoms with Crippen LogP contribution in [-0.4, -0.2) is 46.9 Å². The van der Waals surface area contributed by atoms with Crippen molar-refractivity contribution >= 4 is 43.9 Å². The van der Waals surface area contributed by atoms with Gasteiger partial charge in [0.05, 0.1) is 24.3 Å². The second-order valence-electron chi connectivity index (χ2n) is 9.44. The van der Waals surface area contributed by atoms with Crippen molar-refractivity contribution in [2.24, 2.45) is 0 Å². The van der Waals surface area contributed by atoms with Crippen LogP contribution < -0.4 is 10.6 Å². The van der Waals surface area contributed by atoms with Crippen LogP contribution in [-0.2, 0) is 50.9 Å². The van der Waals surface area contributed by atoms with E-state index in [9.17, 15) is 18.0 Å². The number of benzene rings is 2. The lowest BCUT2D eigenvalue weighted by molar-refractivity contribution is -0.116. The summed E-state index contributed by atoms with van der Waals surface area (Å²) in [6.07, 6.45) is 4.81. The maximum Gasteiger partial charge on any atom is 0.230 e. The zero-order chi connectivity index (χ0) is 28.4. The number of unbranched alkanes of at least 4 members (excludes halogenated alkanes) is 1. The Hall–Kier alpha value is -4.03. The molecule has 0 saturated heterocycles. The third-order valence-corrected chi connectivity index (χ3v) is 7.52. The van der Waals surface area contributed by atoms with Gasteiger partial charge in [-0.05, 0) is 48.1 Å². The first kappa shape index (κ1) is 29.0. The van der Waals surface area contributed by atoms with Gasteiger partial charge >= 0.3 is 0 Å². The van der Waals surface area contributed by atoms with E-state index >= 15 is 0 Å². The Bertz CT molecular complexity index is 1540. The van der Waals surface area contributed by atoms with Crippen LogP contribution in [0.25, 0.3) is 0 Å². The molecule has 12 heteroatoms. The molecule has 0 aliphatic heterocycles. The number of anilines is 2. The predicted molar refractivity (Wildman–Crippen MR) is 155 cm³/mol. The molecule has 2 aromatic carbocycles. The highest BCUT2D eigenvalue weighted by Gasteiger charge is 2.11. The molecule has 0 atom stereocenters. The summed E-state index contributed by atoms with van der Waals surface area (Å²) in [5.74, 6) is -0.0845. The molecule has 0 spiro atoms. The summed E-state index contributed by atoms with van der Waals surface area (Å²) < 4.78 is 23.0. The molecular weight excluding hydrogens is 548 g/mol. The molecule has 2 heterocycles. The Morgan fingerprint density at radius 1 is 0.750 bits per heavy atom. The van der Waals surface area contributed by atoms with Crippen molar-refractivity contribution in [3.05, 3.63) is 94.1 Å². The number of aryl methyl sites for hydroxylation is 2. The number of hydrogen-bond donors (Lipinski definition) is 2. The Morgan fingerprint density at radius 3 is 2.20 bits per heavy atom. The number of carbonyl (C=O) groups is 2. The number of rotatable bonds is 13. The Kier molecular flexibility index (Phi) is 10.0. The molecule has 2 N–H and O–H groups in total. The molecule has 0 aliphatic rings. The van der Waals surface area contributed by atoms with Gasteiger partial charge in [-0.25, -0.2) is 8.42 Å². The van der Waals surface area contributed by atoms with Crippen molar-refractivity contribution in [1.29, 1.82) is 0 Å². The molecule has 0 unspecified atom stereocenters. The fraction of sp³-hybridized carbons (Fsp3) is 0.286. The number of nitrogens with one attached hydrogen (secondary N) is 2. The van der Waals surface area contributed by atoms with E-state index in [2.05, 4.69) is 31.0 Å². The van der Waals surface area contributed by atoms with E-state index in [0.717, 1.165) is 47.5 Å². The second-order valence-corrected chi connectivity index (χ2v) is 12.6. The number of sulfone groups is 1. The summed E-state index contributed by atoms with van der Waals surface area (Å²) in [5, 5.41) is 23.4. The zero-order valence-electron chi connectivity index (χ0n) is 22.0. The average Bonchev–Trinajstić information content (AvgIpc) is 3.34. The largest absolute Gasteiger partial charge is 0.309 e. The third kappa shape index (κ3) is 9.93. The van der Waals surface area contributed by atoms with Gasteiger partial charge in [-0.1, -0.05) is 65.9 Å². The van der Waals surface area contributed by atoms with Crippen LogP contribution in [0.15, 0.2) is 66.7 Å². The molecule has 0 bridgehead atoms. The van der Waals surface area contributed by atoms with Crippen LogP contribution in [0.4, 0.5) is 10.9 Å². The summed E-state index contributed by atoms with van der Waals surface area (Å²) in [7, 11) is -3.15. The summed E-state index contributed by atoms with van der Waals surface area (Å²) in [6.45, 7) is 0. The quantitative estimate of drug-likeness (QED) is 0.228. The summed E-state index contributed by atoms with van der Waals surface area (Å²) in [5.41, 5.74) is 3.13. The molecule has 0 radical (unpaired) electrons. The molecule has 2 aromatic heterocycles. The first-order valence-corrected chi connectivity index (χ1v) is 15.6. The first-order valence-electron chi connectivity index (χ1n) is 12.8. The summed E-state index contributed by atoms with van der Waals surface area (Å²) >= 11 is 1.38. The Balaban J connectivity index is 1.16. The monoisotopic (exact) mass is 578 g/mol. The normalized spacial score (nSPS) is 11.2. The minimum atomic E-state index is -3.15. The number of hydrogen-bond acceptors (Lipinski definition) is 9. The minimum Gasteiger partial charge on any atom is -0.309 e. The van der Waals surface area contributed by atoms with Gasteiger partial charge in [0.2, 0.25) is 16.9 Å². The van der Waals surface area contributed by atoms with E-state index in [-0.39, 0.29) is 24.0 Å². The molecule has 40 heavy (non-hydrogen) atoms. The number of nitrogens with zero attached hydrogens (tertiary/aromatic N) is 4. The van der Waals surface area contributed by atoms with Gasteiger partial charge in [0, 0.05) is 12.7 Å². The van der Waals surface area contributed by atoms with Crippen LogP contribution in [0.5, 0.6) is 0 Å². The number of carbonyl (C=O) groups excluding carboxylic acids is 2. The van der Waals surface area contributed by atoms with Crippen molar-refractivity contribution in [2.75, 3.05) is 16.9 Å². The molecule has 4 aromatic rings. The van der Waals surface area contributed by atoms with E-state index in [4.69, 9.17) is 0 Å². The van der Waals surface area contributed by atoms with Gasteiger partial charge in [0.15, 0.2) is 15.7 Å². The maximum atomic E-state index is 12.4. The van der Waals surface area contributed by atoms with Crippen molar-refractivity contribution in [3.8, 4) is 0 Å². The van der Waals surface area contributed by atoms with Crippen LogP contribution in [0, 0.1) is 0 Å². The standard InChI is InChI=1S/C28H30N6O4S2/c1-40(37,38)19-22-11-7-10-21(16-22)18-25(35)29-24-15-14-23(31-32-24)12-5-6-13-27-33-34-28(39-27)30-26(36)17-20-8-3-2-4-9-20/h2-4,7-11,14-16H,5-6,12-13,17-19H2,1H3,(H,29,32,35)(H,30,34,36). The Labute approximate surface area is 237 Å². The minimum absolute atomic E-state index is 0.0649. The summed E-state index contributed by atoms with van der Waals surface area (Å²) in [6, 6.07) is 20.1. The van der Waals surface area contributed by atoms with Gasteiger partial charge < -0.3 is 10.6 Å². The van der Waals surface area contributed by atoms with Gasteiger partial charge in [-0.2, -0.15) is 5.10 Å².